The van der Waals surface area contributed by atoms with Crippen molar-refractivity contribution in [2.45, 2.75) is 37.8 Å². The topological polar surface area (TPSA) is 96.0 Å². The van der Waals surface area contributed by atoms with Crippen LogP contribution in [-0.4, -0.2) is 51.4 Å². The van der Waals surface area contributed by atoms with Crippen molar-refractivity contribution in [3.63, 3.8) is 0 Å². The zero-order chi connectivity index (χ0) is 30.8. The van der Waals surface area contributed by atoms with E-state index in [2.05, 4.69) is 5.32 Å². The highest BCUT2D eigenvalue weighted by Crippen LogP contribution is 2.28. The molecule has 1 atom stereocenters. The minimum Gasteiger partial charge on any atom is -0.497 e. The molecule has 0 aromatic heterocycles. The van der Waals surface area contributed by atoms with Crippen molar-refractivity contribution in [1.29, 1.82) is 0 Å². The second-order valence-electron chi connectivity index (χ2n) is 10.1. The van der Waals surface area contributed by atoms with Crippen LogP contribution in [0.15, 0.2) is 114 Å². The zero-order valence-corrected chi connectivity index (χ0v) is 25.5. The highest BCUT2D eigenvalue weighted by atomic mass is 32.2. The molecule has 0 heterocycles. The minimum atomic E-state index is -4.17. The van der Waals surface area contributed by atoms with E-state index >= 15 is 0 Å². The zero-order valence-electron chi connectivity index (χ0n) is 24.6. The number of rotatable bonds is 13. The average molecular weight is 600 g/mol. The van der Waals surface area contributed by atoms with Gasteiger partial charge in [0.15, 0.2) is 0 Å². The number of carbonyl (C=O) groups is 2. The summed E-state index contributed by atoms with van der Waals surface area (Å²) in [5.74, 6) is -0.385. The van der Waals surface area contributed by atoms with Crippen LogP contribution in [0.25, 0.3) is 0 Å². The standard InChI is InChI=1S/C34H37N3O5S/c1-4-35-34(39)32(22-27-15-7-5-8-16-27)36(24-28-17-12-11-14-26(28)2)33(38)25-37(29-18-13-19-30(23-29)42-3)43(40,41)31-20-9-6-10-21-31/h5-21,23,32H,4,22,24-25H2,1-3H3,(H,35,39)/t32-/m0/s1. The first kappa shape index (κ1) is 31.3. The van der Waals surface area contributed by atoms with E-state index in [0.717, 1.165) is 21.0 Å². The quantitative estimate of drug-likeness (QED) is 0.234. The van der Waals surface area contributed by atoms with E-state index in [4.69, 9.17) is 4.74 Å². The molecule has 0 aliphatic heterocycles. The smallest absolute Gasteiger partial charge is 0.264 e. The number of sulfonamides is 1. The summed E-state index contributed by atoms with van der Waals surface area (Å²) in [5, 5.41) is 2.88. The SMILES string of the molecule is CCNC(=O)[C@H](Cc1ccccc1)N(Cc1ccccc1C)C(=O)CN(c1cccc(OC)c1)S(=O)(=O)c1ccccc1. The number of likely N-dealkylation sites (N-methyl/N-ethyl adjacent to an activating group) is 1. The molecule has 224 valence electrons. The van der Waals surface area contributed by atoms with Gasteiger partial charge in [-0.15, -0.1) is 0 Å². The lowest BCUT2D eigenvalue weighted by Gasteiger charge is -2.34. The third-order valence-corrected chi connectivity index (χ3v) is 8.96. The van der Waals surface area contributed by atoms with Gasteiger partial charge in [-0.1, -0.05) is 78.9 Å². The first-order valence-electron chi connectivity index (χ1n) is 14.1. The third-order valence-electron chi connectivity index (χ3n) is 7.18. The van der Waals surface area contributed by atoms with Gasteiger partial charge in [0.2, 0.25) is 11.8 Å². The monoisotopic (exact) mass is 599 g/mol. The molecule has 0 saturated carbocycles. The minimum absolute atomic E-state index is 0.0423. The molecular weight excluding hydrogens is 562 g/mol. The fraction of sp³-hybridized carbons (Fsp3) is 0.235. The second kappa shape index (κ2) is 14.5. The number of aryl methyl sites for hydroxylation is 1. The first-order chi connectivity index (χ1) is 20.7. The summed E-state index contributed by atoms with van der Waals surface area (Å²) in [7, 11) is -2.68. The molecular formula is C34H37N3O5S. The maximum Gasteiger partial charge on any atom is 0.264 e. The Labute approximate surface area is 254 Å². The lowest BCUT2D eigenvalue weighted by Crippen LogP contribution is -2.53. The van der Waals surface area contributed by atoms with Gasteiger partial charge in [0.05, 0.1) is 17.7 Å². The summed E-state index contributed by atoms with van der Waals surface area (Å²) < 4.78 is 34.5. The molecule has 43 heavy (non-hydrogen) atoms. The molecule has 2 amide bonds. The number of amides is 2. The molecule has 0 radical (unpaired) electrons. The van der Waals surface area contributed by atoms with Gasteiger partial charge >= 0.3 is 0 Å². The number of ether oxygens (including phenoxy) is 1. The number of hydrogen-bond donors (Lipinski definition) is 1. The van der Waals surface area contributed by atoms with Crippen LogP contribution in [0, 0.1) is 6.92 Å². The van der Waals surface area contributed by atoms with E-state index in [1.807, 2.05) is 68.4 Å². The Hall–Kier alpha value is -4.63. The highest BCUT2D eigenvalue weighted by Gasteiger charge is 2.34. The van der Waals surface area contributed by atoms with Gasteiger partial charge in [0, 0.05) is 25.6 Å². The van der Waals surface area contributed by atoms with Gasteiger partial charge in [-0.25, -0.2) is 8.42 Å². The number of anilines is 1. The van der Waals surface area contributed by atoms with E-state index in [9.17, 15) is 18.0 Å². The van der Waals surface area contributed by atoms with E-state index in [0.29, 0.717) is 12.3 Å². The Bertz CT molecular complexity index is 1630. The van der Waals surface area contributed by atoms with Gasteiger partial charge in [0.25, 0.3) is 10.0 Å². The largest absolute Gasteiger partial charge is 0.497 e. The predicted molar refractivity (Wildman–Crippen MR) is 168 cm³/mol. The van der Waals surface area contributed by atoms with Crippen molar-refractivity contribution in [1.82, 2.24) is 10.2 Å². The molecule has 4 aromatic rings. The van der Waals surface area contributed by atoms with Crippen LogP contribution in [-0.2, 0) is 32.6 Å². The van der Waals surface area contributed by atoms with Crippen LogP contribution < -0.4 is 14.4 Å². The molecule has 0 aliphatic rings. The Morgan fingerprint density at radius 2 is 1.51 bits per heavy atom. The van der Waals surface area contributed by atoms with E-state index in [1.54, 1.807) is 42.5 Å². The summed E-state index contributed by atoms with van der Waals surface area (Å²) in [4.78, 5) is 29.5. The summed E-state index contributed by atoms with van der Waals surface area (Å²) >= 11 is 0. The third kappa shape index (κ3) is 7.81. The summed E-state index contributed by atoms with van der Waals surface area (Å²) in [6.45, 7) is 3.74. The van der Waals surface area contributed by atoms with E-state index in [-0.39, 0.29) is 29.5 Å². The van der Waals surface area contributed by atoms with Crippen molar-refractivity contribution in [3.05, 3.63) is 126 Å². The van der Waals surface area contributed by atoms with Crippen molar-refractivity contribution in [3.8, 4) is 5.75 Å². The van der Waals surface area contributed by atoms with Crippen LogP contribution in [0.5, 0.6) is 5.75 Å². The van der Waals surface area contributed by atoms with E-state index < -0.39 is 28.5 Å². The summed E-state index contributed by atoms with van der Waals surface area (Å²) in [5.41, 5.74) is 2.96. The highest BCUT2D eigenvalue weighted by molar-refractivity contribution is 7.92. The van der Waals surface area contributed by atoms with Crippen molar-refractivity contribution >= 4 is 27.5 Å². The lowest BCUT2D eigenvalue weighted by molar-refractivity contribution is -0.140. The Morgan fingerprint density at radius 1 is 0.860 bits per heavy atom. The molecule has 4 rings (SSSR count). The van der Waals surface area contributed by atoms with Crippen LogP contribution in [0.4, 0.5) is 5.69 Å². The van der Waals surface area contributed by atoms with Crippen LogP contribution in [0.1, 0.15) is 23.6 Å². The van der Waals surface area contributed by atoms with Crippen molar-refractivity contribution in [2.24, 2.45) is 0 Å². The van der Waals surface area contributed by atoms with Gasteiger partial charge in [0.1, 0.15) is 18.3 Å². The van der Waals surface area contributed by atoms with Crippen molar-refractivity contribution < 1.29 is 22.7 Å². The normalized spacial score (nSPS) is 11.8. The molecule has 1 N–H and O–H groups in total. The maximum absolute atomic E-state index is 14.4. The lowest BCUT2D eigenvalue weighted by atomic mass is 10.0. The molecule has 0 aliphatic carbocycles. The number of benzene rings is 4. The number of methoxy groups -OCH3 is 1. The van der Waals surface area contributed by atoms with Crippen molar-refractivity contribution in [2.75, 3.05) is 24.5 Å². The Morgan fingerprint density at radius 3 is 2.16 bits per heavy atom. The second-order valence-corrected chi connectivity index (χ2v) is 11.9. The molecule has 4 aromatic carbocycles. The summed E-state index contributed by atoms with van der Waals surface area (Å²) in [6, 6.07) is 30.8. The first-order valence-corrected chi connectivity index (χ1v) is 15.6. The molecule has 0 spiro atoms. The van der Waals surface area contributed by atoms with Gasteiger partial charge in [-0.2, -0.15) is 0 Å². The van der Waals surface area contributed by atoms with Gasteiger partial charge in [-0.3, -0.25) is 13.9 Å². The summed E-state index contributed by atoms with van der Waals surface area (Å²) in [6.07, 6.45) is 0.259. The van der Waals surface area contributed by atoms with Crippen LogP contribution in [0.3, 0.4) is 0 Å². The Balaban J connectivity index is 1.81. The maximum atomic E-state index is 14.4. The Kier molecular flexibility index (Phi) is 10.6. The van der Waals surface area contributed by atoms with E-state index in [1.165, 1.54) is 24.1 Å². The molecule has 0 saturated heterocycles. The molecule has 0 bridgehead atoms. The number of carbonyl (C=O) groups excluding carboxylic acids is 2. The molecule has 9 heteroatoms. The number of hydrogen-bond acceptors (Lipinski definition) is 5. The van der Waals surface area contributed by atoms with Crippen LogP contribution in [0.2, 0.25) is 0 Å². The average Bonchev–Trinajstić information content (AvgIpc) is 3.03. The fourth-order valence-corrected chi connectivity index (χ4v) is 6.26. The van der Waals surface area contributed by atoms with Crippen LogP contribution >= 0.6 is 0 Å². The number of nitrogens with one attached hydrogen (secondary N) is 1. The van der Waals surface area contributed by atoms with Gasteiger partial charge < -0.3 is 15.0 Å². The molecule has 0 unspecified atom stereocenters. The predicted octanol–water partition coefficient (Wildman–Crippen LogP) is 4.98. The van der Waals surface area contributed by atoms with Gasteiger partial charge in [-0.05, 0) is 54.8 Å². The number of nitrogens with zero attached hydrogens (tertiary/aromatic N) is 2. The molecule has 8 nitrogen and oxygen atoms in total. The fourth-order valence-electron chi connectivity index (χ4n) is 4.83. The molecule has 0 fully saturated rings.